The van der Waals surface area contributed by atoms with E-state index in [0.29, 0.717) is 12.5 Å². The van der Waals surface area contributed by atoms with Gasteiger partial charge < -0.3 is 20.1 Å². The van der Waals surface area contributed by atoms with Gasteiger partial charge in [-0.1, -0.05) is 32.0 Å². The minimum absolute atomic E-state index is 0.0262. The first kappa shape index (κ1) is 18.6. The summed E-state index contributed by atoms with van der Waals surface area (Å²) in [6, 6.07) is 7.96. The van der Waals surface area contributed by atoms with E-state index in [-0.39, 0.29) is 24.6 Å². The Balaban J connectivity index is 2.01. The van der Waals surface area contributed by atoms with Gasteiger partial charge in [0.25, 0.3) is 0 Å². The zero-order valence-electron chi connectivity index (χ0n) is 15.0. The van der Waals surface area contributed by atoms with Crippen LogP contribution >= 0.6 is 0 Å². The van der Waals surface area contributed by atoms with Crippen molar-refractivity contribution in [1.29, 1.82) is 0 Å². The van der Waals surface area contributed by atoms with Gasteiger partial charge >= 0.3 is 6.03 Å². The molecule has 2 N–H and O–H groups in total. The number of amides is 2. The number of hydrogen-bond acceptors (Lipinski definition) is 3. The number of hydrogen-bond donors (Lipinski definition) is 2. The number of aliphatic hydroxyl groups is 1. The fourth-order valence-corrected chi connectivity index (χ4v) is 3.21. The Bertz CT molecular complexity index is 533. The Morgan fingerprint density at radius 1 is 1.42 bits per heavy atom. The number of rotatable bonds is 6. The van der Waals surface area contributed by atoms with E-state index in [1.807, 2.05) is 29.2 Å². The smallest absolute Gasteiger partial charge is 0.317 e. The number of nitrogens with zero attached hydrogens (tertiary/aromatic N) is 1. The molecular weight excluding hydrogens is 304 g/mol. The van der Waals surface area contributed by atoms with Crippen molar-refractivity contribution in [3.63, 3.8) is 0 Å². The number of ether oxygens (including phenoxy) is 1. The molecule has 2 rings (SSSR count). The number of urea groups is 1. The number of nitrogens with one attached hydrogen (secondary N) is 1. The van der Waals surface area contributed by atoms with E-state index >= 15 is 0 Å². The molecule has 134 valence electrons. The highest BCUT2D eigenvalue weighted by Gasteiger charge is 2.26. The number of carbonyl (C=O) groups is 1. The van der Waals surface area contributed by atoms with Gasteiger partial charge in [0.1, 0.15) is 5.75 Å². The van der Waals surface area contributed by atoms with Crippen molar-refractivity contribution in [2.24, 2.45) is 11.8 Å². The van der Waals surface area contributed by atoms with Gasteiger partial charge in [-0.3, -0.25) is 0 Å². The SMILES string of the molecule is COc1ccccc1C[C@@H](NC(=O)N1CCC[C@@H](CO)C1)C(C)C. The largest absolute Gasteiger partial charge is 0.496 e. The topological polar surface area (TPSA) is 61.8 Å². The molecule has 5 heteroatoms. The number of aliphatic hydroxyl groups excluding tert-OH is 1. The number of methoxy groups -OCH3 is 1. The maximum Gasteiger partial charge on any atom is 0.317 e. The number of benzene rings is 1. The highest BCUT2D eigenvalue weighted by molar-refractivity contribution is 5.74. The Labute approximate surface area is 145 Å². The van der Waals surface area contributed by atoms with Gasteiger partial charge in [-0.25, -0.2) is 4.79 Å². The first-order valence-electron chi connectivity index (χ1n) is 8.83. The Morgan fingerprint density at radius 3 is 2.83 bits per heavy atom. The summed E-state index contributed by atoms with van der Waals surface area (Å²) in [6.07, 6.45) is 2.69. The van der Waals surface area contributed by atoms with Crippen molar-refractivity contribution in [1.82, 2.24) is 10.2 Å². The van der Waals surface area contributed by atoms with E-state index < -0.39 is 0 Å². The highest BCUT2D eigenvalue weighted by Crippen LogP contribution is 2.22. The van der Waals surface area contributed by atoms with E-state index in [2.05, 4.69) is 19.2 Å². The normalized spacial score (nSPS) is 19.2. The van der Waals surface area contributed by atoms with Crippen LogP contribution < -0.4 is 10.1 Å². The molecule has 0 spiro atoms. The van der Waals surface area contributed by atoms with Gasteiger partial charge in [0.05, 0.1) is 7.11 Å². The summed E-state index contributed by atoms with van der Waals surface area (Å²) in [6.45, 7) is 5.79. The quantitative estimate of drug-likeness (QED) is 0.841. The molecule has 0 saturated carbocycles. The van der Waals surface area contributed by atoms with Crippen LogP contribution in [0, 0.1) is 11.8 Å². The van der Waals surface area contributed by atoms with Crippen LogP contribution in [0.2, 0.25) is 0 Å². The van der Waals surface area contributed by atoms with Crippen LogP contribution in [0.1, 0.15) is 32.3 Å². The fraction of sp³-hybridized carbons (Fsp3) is 0.632. The van der Waals surface area contributed by atoms with E-state index in [0.717, 1.165) is 37.1 Å². The number of para-hydroxylation sites is 1. The summed E-state index contributed by atoms with van der Waals surface area (Å²) in [7, 11) is 1.67. The van der Waals surface area contributed by atoms with Crippen LogP contribution in [-0.4, -0.2) is 48.9 Å². The molecule has 1 fully saturated rings. The molecule has 0 aliphatic carbocycles. The molecule has 0 radical (unpaired) electrons. The molecule has 24 heavy (non-hydrogen) atoms. The third-order valence-electron chi connectivity index (χ3n) is 4.81. The molecule has 1 aliphatic heterocycles. The molecule has 1 aliphatic rings. The molecule has 1 saturated heterocycles. The van der Waals surface area contributed by atoms with Gasteiger partial charge in [0.2, 0.25) is 0 Å². The van der Waals surface area contributed by atoms with Crippen LogP contribution in [-0.2, 0) is 6.42 Å². The summed E-state index contributed by atoms with van der Waals surface area (Å²) >= 11 is 0. The van der Waals surface area contributed by atoms with Gasteiger partial charge in [-0.2, -0.15) is 0 Å². The van der Waals surface area contributed by atoms with Crippen molar-refractivity contribution < 1.29 is 14.6 Å². The van der Waals surface area contributed by atoms with Crippen molar-refractivity contribution in [2.75, 3.05) is 26.8 Å². The van der Waals surface area contributed by atoms with Crippen LogP contribution in [0.15, 0.2) is 24.3 Å². The lowest BCUT2D eigenvalue weighted by Gasteiger charge is -2.34. The molecule has 5 nitrogen and oxygen atoms in total. The summed E-state index contributed by atoms with van der Waals surface area (Å²) in [5, 5.41) is 12.5. The molecule has 1 heterocycles. The predicted octanol–water partition coefficient (Wildman–Crippen LogP) is 2.68. The second-order valence-electron chi connectivity index (χ2n) is 6.95. The van der Waals surface area contributed by atoms with Crippen molar-refractivity contribution in [3.05, 3.63) is 29.8 Å². The fourth-order valence-electron chi connectivity index (χ4n) is 3.21. The zero-order chi connectivity index (χ0) is 17.5. The molecule has 1 aromatic carbocycles. The van der Waals surface area contributed by atoms with Crippen LogP contribution in [0.4, 0.5) is 4.79 Å². The Hall–Kier alpha value is -1.75. The lowest BCUT2D eigenvalue weighted by atomic mass is 9.95. The Morgan fingerprint density at radius 2 is 2.17 bits per heavy atom. The summed E-state index contributed by atoms with van der Waals surface area (Å²) in [4.78, 5) is 14.5. The first-order valence-corrected chi connectivity index (χ1v) is 8.83. The molecule has 2 amide bonds. The third kappa shape index (κ3) is 4.87. The second kappa shape index (κ2) is 8.92. The molecular formula is C19H30N2O3. The van der Waals surface area contributed by atoms with E-state index in [1.165, 1.54) is 0 Å². The predicted molar refractivity (Wildman–Crippen MR) is 95.2 cm³/mol. The van der Waals surface area contributed by atoms with Crippen molar-refractivity contribution >= 4 is 6.03 Å². The highest BCUT2D eigenvalue weighted by atomic mass is 16.5. The number of likely N-dealkylation sites (tertiary alicyclic amines) is 1. The summed E-state index contributed by atoms with van der Waals surface area (Å²) in [5.74, 6) is 1.38. The standard InChI is InChI=1S/C19H30N2O3/c1-14(2)17(11-16-8-4-5-9-18(16)24-3)20-19(23)21-10-6-7-15(12-21)13-22/h4-5,8-9,14-15,17,22H,6-7,10-13H2,1-3H3,(H,20,23)/t15-,17-/m1/s1. The average molecular weight is 334 g/mol. The minimum Gasteiger partial charge on any atom is -0.496 e. The first-order chi connectivity index (χ1) is 11.5. The lowest BCUT2D eigenvalue weighted by molar-refractivity contribution is 0.126. The minimum atomic E-state index is -0.0262. The Kier molecular flexibility index (Phi) is 6.91. The van der Waals surface area contributed by atoms with Gasteiger partial charge in [0, 0.05) is 25.7 Å². The van der Waals surface area contributed by atoms with Gasteiger partial charge in [0.15, 0.2) is 0 Å². The lowest BCUT2D eigenvalue weighted by Crippen LogP contribution is -2.51. The zero-order valence-corrected chi connectivity index (χ0v) is 15.0. The molecule has 0 unspecified atom stereocenters. The van der Waals surface area contributed by atoms with E-state index in [1.54, 1.807) is 7.11 Å². The van der Waals surface area contributed by atoms with Crippen molar-refractivity contribution in [3.8, 4) is 5.75 Å². The van der Waals surface area contributed by atoms with Gasteiger partial charge in [-0.15, -0.1) is 0 Å². The van der Waals surface area contributed by atoms with Crippen molar-refractivity contribution in [2.45, 2.75) is 39.2 Å². The average Bonchev–Trinajstić information content (AvgIpc) is 2.61. The maximum atomic E-state index is 12.6. The van der Waals surface area contributed by atoms with E-state index in [9.17, 15) is 9.90 Å². The second-order valence-corrected chi connectivity index (χ2v) is 6.95. The van der Waals surface area contributed by atoms with E-state index in [4.69, 9.17) is 4.74 Å². The molecule has 1 aromatic rings. The number of carbonyl (C=O) groups excluding carboxylic acids is 1. The molecule has 2 atom stereocenters. The number of piperidine rings is 1. The van der Waals surface area contributed by atoms with Crippen LogP contribution in [0.25, 0.3) is 0 Å². The maximum absolute atomic E-state index is 12.6. The third-order valence-corrected chi connectivity index (χ3v) is 4.81. The van der Waals surface area contributed by atoms with Crippen LogP contribution in [0.5, 0.6) is 5.75 Å². The van der Waals surface area contributed by atoms with Crippen LogP contribution in [0.3, 0.4) is 0 Å². The summed E-state index contributed by atoms with van der Waals surface area (Å²) < 4.78 is 5.42. The van der Waals surface area contributed by atoms with Gasteiger partial charge in [-0.05, 0) is 42.7 Å². The monoisotopic (exact) mass is 334 g/mol. The molecule has 0 bridgehead atoms. The summed E-state index contributed by atoms with van der Waals surface area (Å²) in [5.41, 5.74) is 1.10. The molecule has 0 aromatic heterocycles.